The molecule has 4 heteroatoms. The first-order valence-electron chi connectivity index (χ1n) is 5.62. The lowest BCUT2D eigenvalue weighted by Gasteiger charge is -2.36. The van der Waals surface area contributed by atoms with E-state index < -0.39 is 14.1 Å². The van der Waals surface area contributed by atoms with Gasteiger partial charge in [0.1, 0.15) is 0 Å². The lowest BCUT2D eigenvalue weighted by Crippen LogP contribution is -2.44. The van der Waals surface area contributed by atoms with Crippen LogP contribution in [0.1, 0.15) is 31.1 Å². The number of hydrogen-bond acceptors (Lipinski definition) is 2. The maximum absolute atomic E-state index is 13.7. The third-order valence-electron chi connectivity index (χ3n) is 3.29. The van der Waals surface area contributed by atoms with Gasteiger partial charge in [-0.05, 0) is 30.3 Å². The van der Waals surface area contributed by atoms with Crippen molar-refractivity contribution in [3.8, 4) is 5.75 Å². The third-order valence-corrected chi connectivity index (χ3v) is 7.61. The summed E-state index contributed by atoms with van der Waals surface area (Å²) in [6.45, 7) is 10.3. The van der Waals surface area contributed by atoms with Crippen LogP contribution >= 0.6 is 0 Å². The average molecular weight is 254 g/mol. The molecule has 1 aromatic carbocycles. The van der Waals surface area contributed by atoms with Gasteiger partial charge < -0.3 is 4.43 Å². The second-order valence-corrected chi connectivity index (χ2v) is 10.4. The van der Waals surface area contributed by atoms with Crippen molar-refractivity contribution < 1.29 is 13.6 Å². The first-order valence-corrected chi connectivity index (χ1v) is 8.52. The number of halogens is 1. The zero-order chi connectivity index (χ0) is 13.3. The molecule has 0 unspecified atom stereocenters. The number of para-hydroxylation sites is 1. The van der Waals surface area contributed by atoms with E-state index in [2.05, 4.69) is 20.8 Å². The van der Waals surface area contributed by atoms with Crippen molar-refractivity contribution in [3.63, 3.8) is 0 Å². The average Bonchev–Trinajstić information content (AvgIpc) is 2.19. The fourth-order valence-corrected chi connectivity index (χ4v) is 2.17. The smallest absolute Gasteiger partial charge is 0.250 e. The van der Waals surface area contributed by atoms with Crippen LogP contribution in [0, 0.1) is 5.82 Å². The van der Waals surface area contributed by atoms with Crippen molar-refractivity contribution in [3.05, 3.63) is 29.6 Å². The summed E-state index contributed by atoms with van der Waals surface area (Å²) in [5.74, 6) is -0.381. The van der Waals surface area contributed by atoms with Crippen LogP contribution in [-0.4, -0.2) is 14.6 Å². The highest BCUT2D eigenvalue weighted by atomic mass is 28.4. The highest BCUT2D eigenvalue weighted by Crippen LogP contribution is 2.38. The van der Waals surface area contributed by atoms with Crippen LogP contribution in [0.3, 0.4) is 0 Å². The summed E-state index contributed by atoms with van der Waals surface area (Å²) in [4.78, 5) is 10.9. The van der Waals surface area contributed by atoms with Crippen LogP contribution in [0.5, 0.6) is 5.75 Å². The van der Waals surface area contributed by atoms with Gasteiger partial charge in [0.05, 0.1) is 5.56 Å². The van der Waals surface area contributed by atoms with E-state index in [-0.39, 0.29) is 16.4 Å². The van der Waals surface area contributed by atoms with Crippen molar-refractivity contribution in [2.45, 2.75) is 38.9 Å². The van der Waals surface area contributed by atoms with Crippen LogP contribution in [0.15, 0.2) is 18.2 Å². The molecule has 0 N–H and O–H groups in total. The van der Waals surface area contributed by atoms with Gasteiger partial charge in [-0.15, -0.1) is 0 Å². The van der Waals surface area contributed by atoms with E-state index in [0.29, 0.717) is 6.29 Å². The lowest BCUT2D eigenvalue weighted by molar-refractivity contribution is 0.112. The fraction of sp³-hybridized carbons (Fsp3) is 0.462. The van der Waals surface area contributed by atoms with E-state index in [9.17, 15) is 9.18 Å². The van der Waals surface area contributed by atoms with Crippen LogP contribution in [-0.2, 0) is 0 Å². The van der Waals surface area contributed by atoms with Gasteiger partial charge in [0.15, 0.2) is 17.9 Å². The van der Waals surface area contributed by atoms with Crippen LogP contribution < -0.4 is 4.43 Å². The molecular formula is C13H19FO2Si. The summed E-state index contributed by atoms with van der Waals surface area (Å²) in [6.07, 6.45) is 0.631. The van der Waals surface area contributed by atoms with Gasteiger partial charge in [0, 0.05) is 0 Å². The Balaban J connectivity index is 3.15. The molecule has 0 saturated heterocycles. The van der Waals surface area contributed by atoms with Gasteiger partial charge in [0.25, 0.3) is 8.32 Å². The highest BCUT2D eigenvalue weighted by Gasteiger charge is 2.39. The molecular weight excluding hydrogens is 235 g/mol. The number of aldehydes is 1. The maximum Gasteiger partial charge on any atom is 0.250 e. The SMILES string of the molecule is CC(C)(C)[Si](C)(C)Oc1c(F)cccc1C=O. The third kappa shape index (κ3) is 2.94. The number of rotatable bonds is 3. The molecule has 0 aliphatic rings. The Morgan fingerprint density at radius 2 is 1.88 bits per heavy atom. The predicted octanol–water partition coefficient (Wildman–Crippen LogP) is 4.02. The van der Waals surface area contributed by atoms with Crippen LogP contribution in [0.2, 0.25) is 18.1 Å². The first kappa shape index (κ1) is 13.9. The molecule has 0 fully saturated rings. The summed E-state index contributed by atoms with van der Waals surface area (Å²) in [6, 6.07) is 4.39. The van der Waals surface area contributed by atoms with Crippen molar-refractivity contribution in [2.75, 3.05) is 0 Å². The first-order chi connectivity index (χ1) is 7.69. The zero-order valence-corrected chi connectivity index (χ0v) is 12.0. The molecule has 2 nitrogen and oxygen atoms in total. The molecule has 94 valence electrons. The van der Waals surface area contributed by atoms with E-state index in [1.54, 1.807) is 6.07 Å². The Morgan fingerprint density at radius 3 is 2.35 bits per heavy atom. The molecule has 0 spiro atoms. The molecule has 1 rings (SSSR count). The summed E-state index contributed by atoms with van der Waals surface area (Å²) in [5.41, 5.74) is 0.273. The lowest BCUT2D eigenvalue weighted by atomic mass is 10.2. The highest BCUT2D eigenvalue weighted by molar-refractivity contribution is 6.74. The van der Waals surface area contributed by atoms with E-state index in [0.717, 1.165) is 0 Å². The molecule has 0 bridgehead atoms. The van der Waals surface area contributed by atoms with Gasteiger partial charge in [-0.25, -0.2) is 4.39 Å². The maximum atomic E-state index is 13.7. The quantitative estimate of drug-likeness (QED) is 0.601. The summed E-state index contributed by atoms with van der Waals surface area (Å²) < 4.78 is 19.5. The van der Waals surface area contributed by atoms with Crippen molar-refractivity contribution >= 4 is 14.6 Å². The molecule has 0 amide bonds. The Morgan fingerprint density at radius 1 is 1.29 bits per heavy atom. The summed E-state index contributed by atoms with van der Waals surface area (Å²) in [7, 11) is -2.12. The topological polar surface area (TPSA) is 26.3 Å². The van der Waals surface area contributed by atoms with E-state index in [1.165, 1.54) is 12.1 Å². The Kier molecular flexibility index (Phi) is 3.77. The molecule has 17 heavy (non-hydrogen) atoms. The number of carbonyl (C=O) groups excluding carboxylic acids is 1. The van der Waals surface area contributed by atoms with Gasteiger partial charge in [0.2, 0.25) is 0 Å². The Bertz CT molecular complexity index is 422. The van der Waals surface area contributed by atoms with Gasteiger partial charge >= 0.3 is 0 Å². The Hall–Kier alpha value is -1.16. The molecule has 1 aromatic rings. The molecule has 0 heterocycles. The minimum absolute atomic E-state index is 0.0323. The van der Waals surface area contributed by atoms with E-state index in [4.69, 9.17) is 4.43 Å². The van der Waals surface area contributed by atoms with Gasteiger partial charge in [-0.2, -0.15) is 0 Å². The predicted molar refractivity (Wildman–Crippen MR) is 69.6 cm³/mol. The second-order valence-electron chi connectivity index (χ2n) is 5.64. The number of benzene rings is 1. The summed E-state index contributed by atoms with van der Waals surface area (Å²) >= 11 is 0. The molecule has 0 aliphatic heterocycles. The minimum Gasteiger partial charge on any atom is -0.541 e. The van der Waals surface area contributed by atoms with E-state index >= 15 is 0 Å². The van der Waals surface area contributed by atoms with E-state index in [1.807, 2.05) is 13.1 Å². The van der Waals surface area contributed by atoms with Crippen LogP contribution in [0.4, 0.5) is 4.39 Å². The molecule has 0 aliphatic carbocycles. The van der Waals surface area contributed by atoms with Crippen LogP contribution in [0.25, 0.3) is 0 Å². The fourth-order valence-electron chi connectivity index (χ4n) is 1.13. The molecule has 0 aromatic heterocycles. The number of carbonyl (C=O) groups is 1. The molecule has 0 saturated carbocycles. The van der Waals surface area contributed by atoms with Crippen molar-refractivity contribution in [2.24, 2.45) is 0 Å². The zero-order valence-electron chi connectivity index (χ0n) is 11.0. The minimum atomic E-state index is -2.12. The van der Waals surface area contributed by atoms with Crippen molar-refractivity contribution in [1.82, 2.24) is 0 Å². The van der Waals surface area contributed by atoms with Gasteiger partial charge in [-0.1, -0.05) is 26.8 Å². The normalized spacial score (nSPS) is 12.4. The standard InChI is InChI=1S/C13H19FO2Si/c1-13(2,3)17(4,5)16-12-10(9-15)7-6-8-11(12)14/h6-9H,1-5H3. The molecule has 0 atom stereocenters. The second kappa shape index (κ2) is 4.60. The van der Waals surface area contributed by atoms with Gasteiger partial charge in [-0.3, -0.25) is 4.79 Å². The van der Waals surface area contributed by atoms with Crippen molar-refractivity contribution in [1.29, 1.82) is 0 Å². The largest absolute Gasteiger partial charge is 0.541 e. The molecule has 0 radical (unpaired) electrons. The monoisotopic (exact) mass is 254 g/mol. The number of hydrogen-bond donors (Lipinski definition) is 0. The summed E-state index contributed by atoms with van der Waals surface area (Å²) in [5, 5.41) is -0.0323. The Labute approximate surface area is 103 Å².